The Labute approximate surface area is 106 Å². The van der Waals surface area contributed by atoms with Crippen LogP contribution in [-0.2, 0) is 0 Å². The number of hydrogen-bond donors (Lipinski definition) is 1. The van der Waals surface area contributed by atoms with Crippen molar-refractivity contribution < 1.29 is 9.84 Å². The summed E-state index contributed by atoms with van der Waals surface area (Å²) in [5.41, 5.74) is 0. The van der Waals surface area contributed by atoms with Crippen LogP contribution in [0.15, 0.2) is 60.4 Å². The van der Waals surface area contributed by atoms with E-state index in [0.717, 1.165) is 35.1 Å². The first-order chi connectivity index (χ1) is 8.81. The summed E-state index contributed by atoms with van der Waals surface area (Å²) < 4.78 is 5.80. The maximum absolute atomic E-state index is 9.48. The van der Waals surface area contributed by atoms with Crippen LogP contribution < -0.4 is 4.74 Å². The average molecular weight is 238 g/mol. The molecular formula is C16H14O2. The molecular weight excluding hydrogens is 224 g/mol. The van der Waals surface area contributed by atoms with Gasteiger partial charge in [0.25, 0.3) is 0 Å². The van der Waals surface area contributed by atoms with Crippen LogP contribution in [0.25, 0.3) is 10.8 Å². The summed E-state index contributed by atoms with van der Waals surface area (Å²) in [6, 6.07) is 11.2. The number of aromatic hydroxyl groups is 1. The van der Waals surface area contributed by atoms with Gasteiger partial charge in [-0.25, -0.2) is 0 Å². The van der Waals surface area contributed by atoms with E-state index >= 15 is 0 Å². The van der Waals surface area contributed by atoms with Crippen LogP contribution in [0.4, 0.5) is 0 Å². The van der Waals surface area contributed by atoms with Gasteiger partial charge in [-0.1, -0.05) is 18.2 Å². The Hall–Kier alpha value is -2.22. The minimum atomic E-state index is 0.274. The van der Waals surface area contributed by atoms with E-state index in [4.69, 9.17) is 4.74 Å². The SMILES string of the molecule is Oc1ccc2ccc(OC3=CCCC=C3)cc2c1. The van der Waals surface area contributed by atoms with E-state index in [9.17, 15) is 5.11 Å². The molecule has 0 aromatic heterocycles. The van der Waals surface area contributed by atoms with Gasteiger partial charge in [-0.05, 0) is 60.0 Å². The quantitative estimate of drug-likeness (QED) is 0.851. The molecule has 0 atom stereocenters. The highest BCUT2D eigenvalue weighted by Crippen LogP contribution is 2.26. The molecule has 1 aliphatic rings. The Morgan fingerprint density at radius 3 is 2.67 bits per heavy atom. The van der Waals surface area contributed by atoms with Crippen LogP contribution in [0.1, 0.15) is 12.8 Å². The highest BCUT2D eigenvalue weighted by molar-refractivity contribution is 5.85. The predicted molar refractivity (Wildman–Crippen MR) is 72.7 cm³/mol. The van der Waals surface area contributed by atoms with Gasteiger partial charge >= 0.3 is 0 Å². The van der Waals surface area contributed by atoms with E-state index in [2.05, 4.69) is 12.2 Å². The minimum Gasteiger partial charge on any atom is -0.508 e. The molecule has 0 amide bonds. The molecule has 90 valence electrons. The zero-order valence-corrected chi connectivity index (χ0v) is 9.97. The molecule has 2 aromatic rings. The molecule has 1 aliphatic carbocycles. The fourth-order valence-electron chi connectivity index (χ4n) is 2.08. The highest BCUT2D eigenvalue weighted by atomic mass is 16.5. The lowest BCUT2D eigenvalue weighted by Crippen LogP contribution is -1.95. The van der Waals surface area contributed by atoms with Crippen molar-refractivity contribution in [2.45, 2.75) is 12.8 Å². The third kappa shape index (κ3) is 2.23. The van der Waals surface area contributed by atoms with Crippen LogP contribution in [0.3, 0.4) is 0 Å². The Morgan fingerprint density at radius 1 is 0.944 bits per heavy atom. The summed E-state index contributed by atoms with van der Waals surface area (Å²) in [7, 11) is 0. The first-order valence-corrected chi connectivity index (χ1v) is 6.09. The van der Waals surface area contributed by atoms with E-state index in [-0.39, 0.29) is 5.75 Å². The third-order valence-electron chi connectivity index (χ3n) is 2.99. The molecule has 0 saturated carbocycles. The Morgan fingerprint density at radius 2 is 1.83 bits per heavy atom. The topological polar surface area (TPSA) is 29.5 Å². The molecule has 0 bridgehead atoms. The molecule has 0 aliphatic heterocycles. The van der Waals surface area contributed by atoms with Crippen molar-refractivity contribution in [3.05, 3.63) is 60.4 Å². The fourth-order valence-corrected chi connectivity index (χ4v) is 2.08. The van der Waals surface area contributed by atoms with E-state index in [1.807, 2.05) is 30.3 Å². The molecule has 0 spiro atoms. The Balaban J connectivity index is 1.93. The lowest BCUT2D eigenvalue weighted by atomic mass is 10.1. The monoisotopic (exact) mass is 238 g/mol. The number of ether oxygens (including phenoxy) is 1. The van der Waals surface area contributed by atoms with Crippen LogP contribution in [-0.4, -0.2) is 5.11 Å². The van der Waals surface area contributed by atoms with Crippen molar-refractivity contribution in [3.63, 3.8) is 0 Å². The van der Waals surface area contributed by atoms with Crippen molar-refractivity contribution in [3.8, 4) is 11.5 Å². The van der Waals surface area contributed by atoms with Crippen molar-refractivity contribution in [1.82, 2.24) is 0 Å². The summed E-state index contributed by atoms with van der Waals surface area (Å²) in [5, 5.41) is 11.5. The Kier molecular flexibility index (Phi) is 2.77. The highest BCUT2D eigenvalue weighted by Gasteiger charge is 2.02. The molecule has 0 radical (unpaired) electrons. The fraction of sp³-hybridized carbons (Fsp3) is 0.125. The summed E-state index contributed by atoms with van der Waals surface area (Å²) in [6.07, 6.45) is 8.31. The van der Waals surface area contributed by atoms with E-state index in [1.54, 1.807) is 12.1 Å². The summed E-state index contributed by atoms with van der Waals surface area (Å²) in [4.78, 5) is 0. The average Bonchev–Trinajstić information content (AvgIpc) is 2.39. The first kappa shape index (κ1) is 10.9. The van der Waals surface area contributed by atoms with Crippen LogP contribution >= 0.6 is 0 Å². The van der Waals surface area contributed by atoms with Crippen LogP contribution in [0.2, 0.25) is 0 Å². The summed E-state index contributed by atoms with van der Waals surface area (Å²) in [6.45, 7) is 0. The number of hydrogen-bond acceptors (Lipinski definition) is 2. The van der Waals surface area contributed by atoms with Crippen molar-refractivity contribution in [1.29, 1.82) is 0 Å². The molecule has 2 aromatic carbocycles. The van der Waals surface area contributed by atoms with Gasteiger partial charge in [-0.3, -0.25) is 0 Å². The molecule has 2 nitrogen and oxygen atoms in total. The number of phenols is 1. The smallest absolute Gasteiger partial charge is 0.128 e. The predicted octanol–water partition coefficient (Wildman–Crippen LogP) is 4.16. The molecule has 0 fully saturated rings. The molecule has 0 saturated heterocycles. The second kappa shape index (κ2) is 4.57. The molecule has 18 heavy (non-hydrogen) atoms. The number of allylic oxidation sites excluding steroid dienone is 3. The van der Waals surface area contributed by atoms with Gasteiger partial charge in [0, 0.05) is 0 Å². The standard InChI is InChI=1S/C16H14O2/c17-14-8-6-12-7-9-16(11-13(12)10-14)18-15-4-2-1-3-5-15/h2,4-11,17H,1,3H2. The van der Waals surface area contributed by atoms with E-state index in [1.165, 1.54) is 0 Å². The Bertz CT molecular complexity index is 639. The number of phenolic OH excluding ortho intramolecular Hbond substituents is 1. The van der Waals surface area contributed by atoms with Crippen molar-refractivity contribution in [2.75, 3.05) is 0 Å². The van der Waals surface area contributed by atoms with E-state index < -0.39 is 0 Å². The van der Waals surface area contributed by atoms with Crippen molar-refractivity contribution in [2.24, 2.45) is 0 Å². The van der Waals surface area contributed by atoms with Gasteiger partial charge in [0.2, 0.25) is 0 Å². The molecule has 0 unspecified atom stereocenters. The van der Waals surface area contributed by atoms with Gasteiger partial charge in [0.15, 0.2) is 0 Å². The lowest BCUT2D eigenvalue weighted by Gasteiger charge is -2.10. The largest absolute Gasteiger partial charge is 0.508 e. The molecule has 0 heterocycles. The van der Waals surface area contributed by atoms with Gasteiger partial charge in [-0.15, -0.1) is 0 Å². The van der Waals surface area contributed by atoms with Gasteiger partial charge in [0.05, 0.1) is 0 Å². The molecule has 2 heteroatoms. The first-order valence-electron chi connectivity index (χ1n) is 6.09. The zero-order valence-electron chi connectivity index (χ0n) is 9.97. The number of fused-ring (bicyclic) bond motifs is 1. The second-order valence-corrected chi connectivity index (χ2v) is 4.38. The summed E-state index contributed by atoms with van der Waals surface area (Å²) >= 11 is 0. The third-order valence-corrected chi connectivity index (χ3v) is 2.99. The van der Waals surface area contributed by atoms with Crippen LogP contribution in [0.5, 0.6) is 11.5 Å². The van der Waals surface area contributed by atoms with Crippen molar-refractivity contribution >= 4 is 10.8 Å². The van der Waals surface area contributed by atoms with Crippen LogP contribution in [0, 0.1) is 0 Å². The molecule has 3 rings (SSSR count). The maximum Gasteiger partial charge on any atom is 0.128 e. The number of benzene rings is 2. The van der Waals surface area contributed by atoms with E-state index in [0.29, 0.717) is 0 Å². The maximum atomic E-state index is 9.48. The van der Waals surface area contributed by atoms with Gasteiger partial charge < -0.3 is 9.84 Å². The summed E-state index contributed by atoms with van der Waals surface area (Å²) in [5.74, 6) is 1.96. The zero-order chi connectivity index (χ0) is 12.4. The molecule has 1 N–H and O–H groups in total. The lowest BCUT2D eigenvalue weighted by molar-refractivity contribution is 0.440. The minimum absolute atomic E-state index is 0.274. The second-order valence-electron chi connectivity index (χ2n) is 4.38. The van der Waals surface area contributed by atoms with Gasteiger partial charge in [-0.2, -0.15) is 0 Å². The number of rotatable bonds is 2. The van der Waals surface area contributed by atoms with Gasteiger partial charge in [0.1, 0.15) is 17.3 Å². The normalized spacial score (nSPS) is 14.6.